The summed E-state index contributed by atoms with van der Waals surface area (Å²) in [5.41, 5.74) is -0.192. The summed E-state index contributed by atoms with van der Waals surface area (Å²) in [4.78, 5) is 6.87. The van der Waals surface area contributed by atoms with Gasteiger partial charge in [-0.3, -0.25) is 4.99 Å². The van der Waals surface area contributed by atoms with Crippen LogP contribution in [0.15, 0.2) is 4.99 Å². The average molecular weight is 549 g/mol. The van der Waals surface area contributed by atoms with Crippen LogP contribution in [0.3, 0.4) is 0 Å². The van der Waals surface area contributed by atoms with Crippen molar-refractivity contribution in [2.75, 3.05) is 58.2 Å². The Hall–Kier alpha value is -0.170. The summed E-state index contributed by atoms with van der Waals surface area (Å²) >= 11 is 0. The summed E-state index contributed by atoms with van der Waals surface area (Å²) < 4.78 is 31.9. The Balaban J connectivity index is 0.00000784. The number of nitrogens with zero attached hydrogens (tertiary/aromatic N) is 3. The van der Waals surface area contributed by atoms with Crippen LogP contribution in [0.5, 0.6) is 0 Å². The lowest BCUT2D eigenvalue weighted by molar-refractivity contribution is 0.0904. The minimum atomic E-state index is -3.30. The van der Waals surface area contributed by atoms with Crippen LogP contribution >= 0.6 is 24.0 Å². The van der Waals surface area contributed by atoms with E-state index >= 15 is 0 Å². The summed E-state index contributed by atoms with van der Waals surface area (Å²) in [5, 5.41) is 13.1. The van der Waals surface area contributed by atoms with Crippen LogP contribution in [-0.2, 0) is 14.8 Å². The second kappa shape index (κ2) is 14.0. The van der Waals surface area contributed by atoms with Crippen molar-refractivity contribution in [1.29, 1.82) is 0 Å². The monoisotopic (exact) mass is 548 g/mol. The standard InChI is InChI=1S/C19H40N4O4S.HI/c1-6-19(7-2,16-24)15-21-18(20-8-3)22-9-11-23(12-10-22)28(25,26)14-13-27-17(4)5;/h17,24H,6-16H2,1-5H3,(H,20,21);1H. The molecule has 10 heteroatoms. The number of sulfonamides is 1. The third-order valence-corrected chi connectivity index (χ3v) is 7.29. The molecule has 0 amide bonds. The van der Waals surface area contributed by atoms with Gasteiger partial charge in [-0.15, -0.1) is 24.0 Å². The molecule has 0 aromatic heterocycles. The van der Waals surface area contributed by atoms with E-state index in [1.807, 2.05) is 20.8 Å². The Morgan fingerprint density at radius 1 is 1.17 bits per heavy atom. The van der Waals surface area contributed by atoms with Crippen molar-refractivity contribution in [2.45, 2.75) is 53.6 Å². The molecule has 0 saturated carbocycles. The fraction of sp³-hybridized carbons (Fsp3) is 0.947. The Labute approximate surface area is 194 Å². The van der Waals surface area contributed by atoms with Crippen molar-refractivity contribution >= 4 is 40.0 Å². The molecule has 1 heterocycles. The van der Waals surface area contributed by atoms with Crippen LogP contribution < -0.4 is 5.32 Å². The van der Waals surface area contributed by atoms with Crippen LogP contribution in [0, 0.1) is 5.41 Å². The fourth-order valence-corrected chi connectivity index (χ4v) is 4.40. The summed E-state index contributed by atoms with van der Waals surface area (Å²) in [6.45, 7) is 13.7. The van der Waals surface area contributed by atoms with Crippen LogP contribution in [0.2, 0.25) is 0 Å². The summed E-state index contributed by atoms with van der Waals surface area (Å²) in [7, 11) is -3.30. The Morgan fingerprint density at radius 2 is 1.76 bits per heavy atom. The molecule has 1 rings (SSSR count). The lowest BCUT2D eigenvalue weighted by atomic mass is 9.83. The van der Waals surface area contributed by atoms with Crippen LogP contribution in [-0.4, -0.2) is 93.0 Å². The van der Waals surface area contributed by atoms with Gasteiger partial charge in [0.15, 0.2) is 5.96 Å². The zero-order chi connectivity index (χ0) is 21.2. The van der Waals surface area contributed by atoms with Crippen molar-refractivity contribution in [3.8, 4) is 0 Å². The Kier molecular flexibility index (Phi) is 13.9. The predicted molar refractivity (Wildman–Crippen MR) is 130 cm³/mol. The molecule has 2 N–H and O–H groups in total. The van der Waals surface area contributed by atoms with E-state index in [0.29, 0.717) is 32.7 Å². The van der Waals surface area contributed by atoms with Crippen LogP contribution in [0.1, 0.15) is 47.5 Å². The lowest BCUT2D eigenvalue weighted by Crippen LogP contribution is -2.54. The van der Waals surface area contributed by atoms with Gasteiger partial charge in [0, 0.05) is 38.1 Å². The lowest BCUT2D eigenvalue weighted by Gasteiger charge is -2.36. The van der Waals surface area contributed by atoms with E-state index in [1.54, 1.807) is 4.31 Å². The van der Waals surface area contributed by atoms with Crippen molar-refractivity contribution < 1.29 is 18.3 Å². The number of ether oxygens (including phenoxy) is 1. The first kappa shape index (κ1) is 28.8. The van der Waals surface area contributed by atoms with E-state index in [9.17, 15) is 13.5 Å². The van der Waals surface area contributed by atoms with Gasteiger partial charge in [0.2, 0.25) is 10.0 Å². The molecule has 0 atom stereocenters. The molecular formula is C19H41IN4O4S. The predicted octanol–water partition coefficient (Wildman–Crippen LogP) is 1.74. The number of aliphatic imine (C=N–C) groups is 1. The van der Waals surface area contributed by atoms with E-state index in [1.165, 1.54) is 0 Å². The number of hydrogen-bond acceptors (Lipinski definition) is 5. The van der Waals surface area contributed by atoms with Gasteiger partial charge in [-0.2, -0.15) is 4.31 Å². The molecule has 1 aliphatic heterocycles. The first-order chi connectivity index (χ1) is 13.2. The van der Waals surface area contributed by atoms with Gasteiger partial charge in [-0.25, -0.2) is 8.42 Å². The number of halogens is 1. The first-order valence-corrected chi connectivity index (χ1v) is 12.1. The van der Waals surface area contributed by atoms with E-state index in [-0.39, 0.29) is 54.5 Å². The second-order valence-electron chi connectivity index (χ2n) is 7.66. The quantitative estimate of drug-likeness (QED) is 0.232. The highest BCUT2D eigenvalue weighted by molar-refractivity contribution is 14.0. The molecule has 0 bridgehead atoms. The van der Waals surface area contributed by atoms with E-state index in [0.717, 1.165) is 25.3 Å². The third kappa shape index (κ3) is 9.24. The van der Waals surface area contributed by atoms with Gasteiger partial charge < -0.3 is 20.1 Å². The molecule has 1 aliphatic rings. The van der Waals surface area contributed by atoms with Crippen molar-refractivity contribution in [2.24, 2.45) is 10.4 Å². The SMILES string of the molecule is CCNC(=NCC(CC)(CC)CO)N1CCN(S(=O)(=O)CCOC(C)C)CC1.I. The highest BCUT2D eigenvalue weighted by Gasteiger charge is 2.29. The number of aliphatic hydroxyl groups is 1. The number of aliphatic hydroxyl groups excluding tert-OH is 1. The molecule has 0 aromatic rings. The smallest absolute Gasteiger partial charge is 0.216 e. The molecule has 1 fully saturated rings. The van der Waals surface area contributed by atoms with Gasteiger partial charge in [-0.05, 0) is 33.6 Å². The highest BCUT2D eigenvalue weighted by atomic mass is 127. The van der Waals surface area contributed by atoms with Gasteiger partial charge in [0.25, 0.3) is 0 Å². The highest BCUT2D eigenvalue weighted by Crippen LogP contribution is 2.26. The number of hydrogen-bond donors (Lipinski definition) is 2. The number of piperazine rings is 1. The number of rotatable bonds is 11. The topological polar surface area (TPSA) is 94.5 Å². The number of nitrogens with one attached hydrogen (secondary N) is 1. The fourth-order valence-electron chi connectivity index (χ4n) is 3.11. The van der Waals surface area contributed by atoms with Gasteiger partial charge in [0.05, 0.1) is 31.6 Å². The third-order valence-electron chi connectivity index (χ3n) is 5.46. The molecule has 0 aromatic carbocycles. The van der Waals surface area contributed by atoms with Crippen molar-refractivity contribution in [1.82, 2.24) is 14.5 Å². The van der Waals surface area contributed by atoms with Gasteiger partial charge >= 0.3 is 0 Å². The van der Waals surface area contributed by atoms with Gasteiger partial charge in [-0.1, -0.05) is 13.8 Å². The summed E-state index contributed by atoms with van der Waals surface area (Å²) in [6, 6.07) is 0. The van der Waals surface area contributed by atoms with E-state index < -0.39 is 10.0 Å². The van der Waals surface area contributed by atoms with Crippen LogP contribution in [0.4, 0.5) is 0 Å². The molecule has 0 radical (unpaired) electrons. The van der Waals surface area contributed by atoms with E-state index in [2.05, 4.69) is 24.1 Å². The van der Waals surface area contributed by atoms with Crippen LogP contribution in [0.25, 0.3) is 0 Å². The zero-order valence-electron chi connectivity index (χ0n) is 18.7. The molecule has 1 saturated heterocycles. The minimum Gasteiger partial charge on any atom is -0.396 e. The molecule has 174 valence electrons. The molecule has 0 unspecified atom stereocenters. The Bertz CT molecular complexity index is 566. The van der Waals surface area contributed by atoms with Crippen molar-refractivity contribution in [3.05, 3.63) is 0 Å². The minimum absolute atomic E-state index is 0. The zero-order valence-corrected chi connectivity index (χ0v) is 21.8. The van der Waals surface area contributed by atoms with Gasteiger partial charge in [0.1, 0.15) is 0 Å². The normalized spacial score (nSPS) is 16.8. The Morgan fingerprint density at radius 3 is 2.21 bits per heavy atom. The molecule has 29 heavy (non-hydrogen) atoms. The van der Waals surface area contributed by atoms with E-state index in [4.69, 9.17) is 9.73 Å². The molecule has 0 aliphatic carbocycles. The summed E-state index contributed by atoms with van der Waals surface area (Å²) in [5.74, 6) is 0.813. The molecular weight excluding hydrogens is 507 g/mol. The van der Waals surface area contributed by atoms with Crippen molar-refractivity contribution in [3.63, 3.8) is 0 Å². The first-order valence-electron chi connectivity index (χ1n) is 10.5. The molecule has 0 spiro atoms. The number of guanidine groups is 1. The summed E-state index contributed by atoms with van der Waals surface area (Å²) in [6.07, 6.45) is 1.77. The maximum Gasteiger partial charge on any atom is 0.216 e. The maximum atomic E-state index is 12.5. The molecule has 8 nitrogen and oxygen atoms in total. The largest absolute Gasteiger partial charge is 0.396 e. The average Bonchev–Trinajstić information content (AvgIpc) is 2.68. The maximum absolute atomic E-state index is 12.5. The second-order valence-corrected chi connectivity index (χ2v) is 9.75.